The van der Waals surface area contributed by atoms with Crippen LogP contribution < -0.4 is 9.47 Å². The number of hydrogen-bond acceptors (Lipinski definition) is 6. The Balaban J connectivity index is 1.67. The van der Waals surface area contributed by atoms with Gasteiger partial charge in [0.15, 0.2) is 11.5 Å². The summed E-state index contributed by atoms with van der Waals surface area (Å²) in [4.78, 5) is 0. The van der Waals surface area contributed by atoms with Gasteiger partial charge >= 0.3 is 0 Å². The number of halogens is 1. The summed E-state index contributed by atoms with van der Waals surface area (Å²) in [7, 11) is 0. The summed E-state index contributed by atoms with van der Waals surface area (Å²) in [5, 5.41) is 16.8. The lowest BCUT2D eigenvalue weighted by Gasteiger charge is -2.03. The van der Waals surface area contributed by atoms with E-state index in [1.165, 1.54) is 6.33 Å². The Morgan fingerprint density at radius 2 is 2.12 bits per heavy atom. The number of benzene rings is 1. The largest absolute Gasteiger partial charge is 0.454 e. The second-order valence-electron chi connectivity index (χ2n) is 5.30. The summed E-state index contributed by atoms with van der Waals surface area (Å²) in [5.74, 6) is 1.92. The highest BCUT2D eigenvalue weighted by molar-refractivity contribution is 9.10. The van der Waals surface area contributed by atoms with E-state index in [9.17, 15) is 0 Å². The van der Waals surface area contributed by atoms with Gasteiger partial charge in [0.05, 0.1) is 16.4 Å². The van der Waals surface area contributed by atoms with Gasteiger partial charge in [0.2, 0.25) is 6.79 Å². The number of ether oxygens (including phenoxy) is 2. The molecule has 0 spiro atoms. The van der Waals surface area contributed by atoms with Gasteiger partial charge in [-0.05, 0) is 53.5 Å². The molecule has 24 heavy (non-hydrogen) atoms. The standard InChI is InChI=1S/C15H13BrN6O2/c1-9-3-10(2)22(20-9)15-19-17-7-21(15)18-6-11-4-12(16)14-13(5-11)23-8-24-14/h3-7H,8H2,1-2H3/b18-6-. The minimum Gasteiger partial charge on any atom is -0.454 e. The van der Waals surface area contributed by atoms with Crippen LogP contribution in [-0.4, -0.2) is 37.7 Å². The molecule has 0 aliphatic carbocycles. The molecule has 0 saturated heterocycles. The molecule has 3 aromatic rings. The summed E-state index contributed by atoms with van der Waals surface area (Å²) >= 11 is 3.47. The smallest absolute Gasteiger partial charge is 0.273 e. The van der Waals surface area contributed by atoms with Crippen LogP contribution in [-0.2, 0) is 0 Å². The molecule has 1 aliphatic rings. The molecule has 0 bridgehead atoms. The lowest BCUT2D eigenvalue weighted by molar-refractivity contribution is 0.173. The van der Waals surface area contributed by atoms with E-state index in [4.69, 9.17) is 9.47 Å². The highest BCUT2D eigenvalue weighted by Crippen LogP contribution is 2.39. The predicted octanol–water partition coefficient (Wildman–Crippen LogP) is 2.45. The molecule has 0 atom stereocenters. The zero-order chi connectivity index (χ0) is 16.7. The SMILES string of the molecule is Cc1cc(C)n(-c2nncn2/N=C\c2cc(Br)c3c(c2)OCO3)n1. The monoisotopic (exact) mass is 388 g/mol. The fraction of sp³-hybridized carbons (Fsp3) is 0.200. The van der Waals surface area contributed by atoms with E-state index in [1.807, 2.05) is 32.0 Å². The molecule has 4 rings (SSSR count). The molecule has 8 nitrogen and oxygen atoms in total. The first-order chi connectivity index (χ1) is 11.6. The number of aryl methyl sites for hydroxylation is 2. The Kier molecular flexibility index (Phi) is 3.57. The summed E-state index contributed by atoms with van der Waals surface area (Å²) in [6, 6.07) is 5.74. The molecule has 2 aromatic heterocycles. The highest BCUT2D eigenvalue weighted by Gasteiger charge is 2.17. The summed E-state index contributed by atoms with van der Waals surface area (Å²) in [6.45, 7) is 4.11. The van der Waals surface area contributed by atoms with Crippen LogP contribution in [0.5, 0.6) is 11.5 Å². The number of rotatable bonds is 3. The van der Waals surface area contributed by atoms with Crippen molar-refractivity contribution in [3.8, 4) is 17.4 Å². The molecule has 9 heteroatoms. The average molecular weight is 389 g/mol. The molecular weight excluding hydrogens is 376 g/mol. The molecule has 0 saturated carbocycles. The first-order valence-corrected chi connectivity index (χ1v) is 7.98. The lowest BCUT2D eigenvalue weighted by Crippen LogP contribution is -2.06. The minimum atomic E-state index is 0.224. The Morgan fingerprint density at radius 1 is 1.25 bits per heavy atom. The van der Waals surface area contributed by atoms with Crippen molar-refractivity contribution in [1.29, 1.82) is 0 Å². The van der Waals surface area contributed by atoms with Gasteiger partial charge in [-0.3, -0.25) is 0 Å². The van der Waals surface area contributed by atoms with Crippen molar-refractivity contribution in [1.82, 2.24) is 24.7 Å². The molecule has 0 amide bonds. The van der Waals surface area contributed by atoms with Gasteiger partial charge in [-0.25, -0.2) is 4.68 Å². The Hall–Kier alpha value is -2.68. The first kappa shape index (κ1) is 14.9. The number of aromatic nitrogens is 5. The van der Waals surface area contributed by atoms with Crippen LogP contribution in [0, 0.1) is 13.8 Å². The molecule has 1 aromatic carbocycles. The third-order valence-corrected chi connectivity index (χ3v) is 4.08. The third-order valence-electron chi connectivity index (χ3n) is 3.49. The fourth-order valence-corrected chi connectivity index (χ4v) is 3.04. The maximum Gasteiger partial charge on any atom is 0.273 e. The minimum absolute atomic E-state index is 0.224. The molecule has 0 unspecified atom stereocenters. The molecule has 0 radical (unpaired) electrons. The molecular formula is C15H13BrN6O2. The molecule has 0 N–H and O–H groups in total. The van der Waals surface area contributed by atoms with Crippen molar-refractivity contribution < 1.29 is 9.47 Å². The maximum absolute atomic E-state index is 5.41. The molecule has 1 aliphatic heterocycles. The van der Waals surface area contributed by atoms with Gasteiger partial charge in [-0.1, -0.05) is 0 Å². The van der Waals surface area contributed by atoms with E-state index in [2.05, 4.69) is 36.3 Å². The third kappa shape index (κ3) is 2.56. The summed E-state index contributed by atoms with van der Waals surface area (Å²) in [6.07, 6.45) is 3.23. The van der Waals surface area contributed by atoms with Crippen LogP contribution in [0.25, 0.3) is 5.95 Å². The summed E-state index contributed by atoms with van der Waals surface area (Å²) in [5.41, 5.74) is 2.73. The van der Waals surface area contributed by atoms with E-state index in [0.29, 0.717) is 17.4 Å². The van der Waals surface area contributed by atoms with Crippen molar-refractivity contribution in [2.45, 2.75) is 13.8 Å². The van der Waals surface area contributed by atoms with Crippen LogP contribution in [0.3, 0.4) is 0 Å². The Morgan fingerprint density at radius 3 is 2.92 bits per heavy atom. The predicted molar refractivity (Wildman–Crippen MR) is 89.9 cm³/mol. The van der Waals surface area contributed by atoms with Gasteiger partial charge in [-0.2, -0.15) is 14.9 Å². The maximum atomic E-state index is 5.41. The Bertz CT molecular complexity index is 946. The topological polar surface area (TPSA) is 79.4 Å². The van der Waals surface area contributed by atoms with Gasteiger partial charge in [-0.15, -0.1) is 10.2 Å². The van der Waals surface area contributed by atoms with Crippen molar-refractivity contribution >= 4 is 22.1 Å². The van der Waals surface area contributed by atoms with E-state index < -0.39 is 0 Å². The van der Waals surface area contributed by atoms with Crippen LogP contribution in [0.1, 0.15) is 17.0 Å². The van der Waals surface area contributed by atoms with Crippen LogP contribution in [0.4, 0.5) is 0 Å². The van der Waals surface area contributed by atoms with Crippen molar-refractivity contribution in [2.24, 2.45) is 5.10 Å². The van der Waals surface area contributed by atoms with Gasteiger partial charge in [0.25, 0.3) is 5.95 Å². The number of fused-ring (bicyclic) bond motifs is 1. The van der Waals surface area contributed by atoms with Crippen molar-refractivity contribution in [3.63, 3.8) is 0 Å². The molecule has 0 fully saturated rings. The first-order valence-electron chi connectivity index (χ1n) is 7.19. The van der Waals surface area contributed by atoms with Crippen molar-refractivity contribution in [3.05, 3.63) is 46.0 Å². The lowest BCUT2D eigenvalue weighted by atomic mass is 10.2. The highest BCUT2D eigenvalue weighted by atomic mass is 79.9. The van der Waals surface area contributed by atoms with E-state index in [-0.39, 0.29) is 6.79 Å². The van der Waals surface area contributed by atoms with E-state index in [1.54, 1.807) is 15.6 Å². The van der Waals surface area contributed by atoms with Crippen LogP contribution in [0.2, 0.25) is 0 Å². The number of hydrogen-bond donors (Lipinski definition) is 0. The average Bonchev–Trinajstić information content (AvgIpc) is 3.24. The van der Waals surface area contributed by atoms with Gasteiger partial charge < -0.3 is 9.47 Å². The summed E-state index contributed by atoms with van der Waals surface area (Å²) < 4.78 is 14.9. The van der Waals surface area contributed by atoms with E-state index in [0.717, 1.165) is 21.4 Å². The zero-order valence-electron chi connectivity index (χ0n) is 13.0. The fourth-order valence-electron chi connectivity index (χ4n) is 2.47. The normalized spacial score (nSPS) is 13.1. The zero-order valence-corrected chi connectivity index (χ0v) is 14.6. The molecule has 3 heterocycles. The Labute approximate surface area is 145 Å². The second kappa shape index (κ2) is 5.75. The second-order valence-corrected chi connectivity index (χ2v) is 6.15. The number of nitrogens with zero attached hydrogens (tertiary/aromatic N) is 6. The van der Waals surface area contributed by atoms with Crippen LogP contribution >= 0.6 is 15.9 Å². The van der Waals surface area contributed by atoms with Crippen LogP contribution in [0.15, 0.2) is 34.1 Å². The van der Waals surface area contributed by atoms with Gasteiger partial charge in [0.1, 0.15) is 6.33 Å². The molecule has 122 valence electrons. The van der Waals surface area contributed by atoms with Crippen molar-refractivity contribution in [2.75, 3.05) is 6.79 Å². The van der Waals surface area contributed by atoms with E-state index >= 15 is 0 Å². The van der Waals surface area contributed by atoms with Gasteiger partial charge in [0, 0.05) is 5.69 Å². The quantitative estimate of drug-likeness (QED) is 0.643.